The summed E-state index contributed by atoms with van der Waals surface area (Å²) in [4.78, 5) is 22.8. The molecule has 1 rings (SSSR count). The van der Waals surface area contributed by atoms with Crippen LogP contribution in [0.4, 0.5) is 0 Å². The van der Waals surface area contributed by atoms with E-state index in [4.69, 9.17) is 0 Å². The van der Waals surface area contributed by atoms with Crippen molar-refractivity contribution in [3.05, 3.63) is 0 Å². The molecule has 0 saturated heterocycles. The summed E-state index contributed by atoms with van der Waals surface area (Å²) in [5.74, 6) is -0.361. The summed E-state index contributed by atoms with van der Waals surface area (Å²) in [6, 6.07) is 0. The number of hydrogen-bond donors (Lipinski definition) is 0. The van der Waals surface area contributed by atoms with Gasteiger partial charge in [0.2, 0.25) is 0 Å². The van der Waals surface area contributed by atoms with Crippen molar-refractivity contribution in [3.63, 3.8) is 0 Å². The second kappa shape index (κ2) is 2.88. The van der Waals surface area contributed by atoms with Crippen LogP contribution in [-0.4, -0.2) is 18.9 Å². The smallest absolute Gasteiger partial charge is 0.319 e. The molecule has 0 aromatic carbocycles. The number of carbonyl (C=O) groups excluding carboxylic acids is 2. The Morgan fingerprint density at radius 2 is 2.25 bits per heavy atom. The van der Waals surface area contributed by atoms with Crippen molar-refractivity contribution in [1.29, 1.82) is 0 Å². The zero-order valence-corrected chi connectivity index (χ0v) is 7.72. The molecule has 0 bridgehead atoms. The molecular formula is C9H14O3. The van der Waals surface area contributed by atoms with E-state index in [0.29, 0.717) is 6.42 Å². The van der Waals surface area contributed by atoms with Crippen LogP contribution >= 0.6 is 0 Å². The fourth-order valence-corrected chi connectivity index (χ4v) is 1.73. The molecule has 0 amide bonds. The molecule has 0 aromatic heterocycles. The first kappa shape index (κ1) is 9.23. The molecule has 3 heteroatoms. The Hall–Kier alpha value is -0.860. The standard InChI is InChI=1S/C9H14O3/c1-6-4-5-9(2,7(6)10)8(11)12-3/h6H,4-5H2,1-3H3/t6-,9-/m1/s1. The number of carbonyl (C=O) groups is 2. The highest BCUT2D eigenvalue weighted by Gasteiger charge is 2.48. The molecule has 1 fully saturated rings. The summed E-state index contributed by atoms with van der Waals surface area (Å²) in [6.45, 7) is 3.53. The number of methoxy groups -OCH3 is 1. The van der Waals surface area contributed by atoms with Crippen LogP contribution < -0.4 is 0 Å². The van der Waals surface area contributed by atoms with Crippen LogP contribution in [0.1, 0.15) is 26.7 Å². The van der Waals surface area contributed by atoms with Gasteiger partial charge in [-0.25, -0.2) is 0 Å². The number of hydrogen-bond acceptors (Lipinski definition) is 3. The van der Waals surface area contributed by atoms with Gasteiger partial charge >= 0.3 is 5.97 Å². The van der Waals surface area contributed by atoms with E-state index in [1.807, 2.05) is 6.92 Å². The van der Waals surface area contributed by atoms with Crippen molar-refractivity contribution in [3.8, 4) is 0 Å². The van der Waals surface area contributed by atoms with Gasteiger partial charge in [0, 0.05) is 5.92 Å². The molecule has 0 N–H and O–H groups in total. The summed E-state index contributed by atoms with van der Waals surface area (Å²) in [7, 11) is 1.32. The van der Waals surface area contributed by atoms with Gasteiger partial charge < -0.3 is 4.74 Å². The van der Waals surface area contributed by atoms with Gasteiger partial charge in [0.05, 0.1) is 7.11 Å². The maximum Gasteiger partial charge on any atom is 0.319 e. The van der Waals surface area contributed by atoms with Crippen LogP contribution in [0, 0.1) is 11.3 Å². The van der Waals surface area contributed by atoms with Crippen molar-refractivity contribution < 1.29 is 14.3 Å². The molecule has 1 aliphatic carbocycles. The molecule has 3 nitrogen and oxygen atoms in total. The minimum absolute atomic E-state index is 0.00843. The molecule has 0 heterocycles. The van der Waals surface area contributed by atoms with Crippen molar-refractivity contribution in [2.24, 2.45) is 11.3 Å². The van der Waals surface area contributed by atoms with Crippen LogP contribution in [0.5, 0.6) is 0 Å². The Morgan fingerprint density at radius 3 is 2.58 bits per heavy atom. The Bertz CT molecular complexity index is 222. The van der Waals surface area contributed by atoms with Gasteiger partial charge in [0.1, 0.15) is 5.41 Å². The Morgan fingerprint density at radius 1 is 1.67 bits per heavy atom. The molecule has 2 atom stereocenters. The predicted octanol–water partition coefficient (Wildman–Crippen LogP) is 1.16. The number of Topliss-reactive ketones (excluding diaryl/α,β-unsaturated/α-hetero) is 1. The summed E-state index contributed by atoms with van der Waals surface area (Å²) < 4.78 is 4.60. The highest BCUT2D eigenvalue weighted by Crippen LogP contribution is 2.38. The van der Waals surface area contributed by atoms with Crippen molar-refractivity contribution in [2.75, 3.05) is 7.11 Å². The molecule has 1 saturated carbocycles. The van der Waals surface area contributed by atoms with Gasteiger partial charge in [-0.15, -0.1) is 0 Å². The molecular weight excluding hydrogens is 156 g/mol. The number of ether oxygens (including phenoxy) is 1. The zero-order valence-electron chi connectivity index (χ0n) is 7.72. The first-order valence-electron chi connectivity index (χ1n) is 4.15. The lowest BCUT2D eigenvalue weighted by Gasteiger charge is -2.18. The summed E-state index contributed by atoms with van der Waals surface area (Å²) in [5.41, 5.74) is -0.867. The molecule has 0 unspecified atom stereocenters. The van der Waals surface area contributed by atoms with Crippen molar-refractivity contribution in [2.45, 2.75) is 26.7 Å². The van der Waals surface area contributed by atoms with E-state index in [1.165, 1.54) is 7.11 Å². The Balaban J connectivity index is 2.86. The number of ketones is 1. The Labute approximate surface area is 72.1 Å². The third-order valence-corrected chi connectivity index (χ3v) is 2.70. The summed E-state index contributed by atoms with van der Waals surface area (Å²) >= 11 is 0. The van der Waals surface area contributed by atoms with Gasteiger partial charge in [-0.1, -0.05) is 6.92 Å². The molecule has 68 valence electrons. The fourth-order valence-electron chi connectivity index (χ4n) is 1.73. The summed E-state index contributed by atoms with van der Waals surface area (Å²) in [6.07, 6.45) is 1.42. The summed E-state index contributed by atoms with van der Waals surface area (Å²) in [5, 5.41) is 0. The molecule has 0 spiro atoms. The van der Waals surface area contributed by atoms with Crippen LogP contribution in [-0.2, 0) is 14.3 Å². The van der Waals surface area contributed by atoms with Crippen molar-refractivity contribution >= 4 is 11.8 Å². The topological polar surface area (TPSA) is 43.4 Å². The minimum atomic E-state index is -0.867. The molecule has 0 aromatic rings. The van der Waals surface area contributed by atoms with Crippen LogP contribution in [0.25, 0.3) is 0 Å². The van der Waals surface area contributed by atoms with E-state index < -0.39 is 11.4 Å². The lowest BCUT2D eigenvalue weighted by molar-refractivity contribution is -0.155. The molecule has 0 radical (unpaired) electrons. The quantitative estimate of drug-likeness (QED) is 0.438. The maximum absolute atomic E-state index is 11.5. The first-order chi connectivity index (χ1) is 5.52. The first-order valence-corrected chi connectivity index (χ1v) is 4.15. The third-order valence-electron chi connectivity index (χ3n) is 2.70. The highest BCUT2D eigenvalue weighted by atomic mass is 16.5. The largest absolute Gasteiger partial charge is 0.468 e. The fraction of sp³-hybridized carbons (Fsp3) is 0.778. The van der Waals surface area contributed by atoms with E-state index in [9.17, 15) is 9.59 Å². The van der Waals surface area contributed by atoms with E-state index >= 15 is 0 Å². The Kier molecular flexibility index (Phi) is 2.22. The number of rotatable bonds is 1. The zero-order chi connectivity index (χ0) is 9.35. The monoisotopic (exact) mass is 170 g/mol. The van der Waals surface area contributed by atoms with Crippen LogP contribution in [0.3, 0.4) is 0 Å². The van der Waals surface area contributed by atoms with E-state index in [-0.39, 0.29) is 11.7 Å². The second-order valence-electron chi connectivity index (χ2n) is 3.63. The SMILES string of the molecule is COC(=O)[C@]1(C)CC[C@@H](C)C1=O. The average molecular weight is 170 g/mol. The van der Waals surface area contributed by atoms with Crippen molar-refractivity contribution in [1.82, 2.24) is 0 Å². The number of esters is 1. The predicted molar refractivity (Wildman–Crippen MR) is 43.5 cm³/mol. The minimum Gasteiger partial charge on any atom is -0.468 e. The normalized spacial score (nSPS) is 35.2. The lowest BCUT2D eigenvalue weighted by atomic mass is 9.87. The maximum atomic E-state index is 11.5. The van der Waals surface area contributed by atoms with Gasteiger partial charge in [-0.3, -0.25) is 9.59 Å². The van der Waals surface area contributed by atoms with Gasteiger partial charge in [-0.2, -0.15) is 0 Å². The van der Waals surface area contributed by atoms with E-state index in [0.717, 1.165) is 6.42 Å². The van der Waals surface area contributed by atoms with Crippen LogP contribution in [0.15, 0.2) is 0 Å². The van der Waals surface area contributed by atoms with Gasteiger partial charge in [0.25, 0.3) is 0 Å². The van der Waals surface area contributed by atoms with Crippen LogP contribution in [0.2, 0.25) is 0 Å². The second-order valence-corrected chi connectivity index (χ2v) is 3.63. The average Bonchev–Trinajstić information content (AvgIpc) is 2.33. The molecule has 12 heavy (non-hydrogen) atoms. The molecule has 0 aliphatic heterocycles. The van der Waals surface area contributed by atoms with Gasteiger partial charge in [-0.05, 0) is 19.8 Å². The lowest BCUT2D eigenvalue weighted by Crippen LogP contribution is -2.34. The van der Waals surface area contributed by atoms with Gasteiger partial charge in [0.15, 0.2) is 5.78 Å². The van der Waals surface area contributed by atoms with E-state index in [2.05, 4.69) is 4.74 Å². The highest BCUT2D eigenvalue weighted by molar-refractivity contribution is 6.05. The van der Waals surface area contributed by atoms with E-state index in [1.54, 1.807) is 6.92 Å². The molecule has 1 aliphatic rings. The third kappa shape index (κ3) is 1.13.